The molecule has 3 rings (SSSR count). The van der Waals surface area contributed by atoms with E-state index in [0.717, 1.165) is 0 Å². The van der Waals surface area contributed by atoms with Crippen molar-refractivity contribution in [2.75, 3.05) is 18.4 Å². The molecule has 1 unspecified atom stereocenters. The molecular formula is C13H11ClF2N4O2. The lowest BCUT2D eigenvalue weighted by Gasteiger charge is -2.21. The number of fused-ring (bicyclic) bond motifs is 1. The van der Waals surface area contributed by atoms with Gasteiger partial charge in [-0.25, -0.2) is 13.8 Å². The predicted octanol–water partition coefficient (Wildman–Crippen LogP) is 2.82. The summed E-state index contributed by atoms with van der Waals surface area (Å²) in [4.78, 5) is 14.5. The molecular weight excluding hydrogens is 318 g/mol. The molecule has 1 fully saturated rings. The van der Waals surface area contributed by atoms with Gasteiger partial charge in [0.05, 0.1) is 17.0 Å². The zero-order chi connectivity index (χ0) is 15.9. The molecule has 1 aromatic heterocycles. The van der Waals surface area contributed by atoms with Gasteiger partial charge in [0.2, 0.25) is 5.15 Å². The monoisotopic (exact) mass is 328 g/mol. The Kier molecular flexibility index (Phi) is 3.57. The molecule has 0 amide bonds. The van der Waals surface area contributed by atoms with Crippen LogP contribution in [0.3, 0.4) is 0 Å². The van der Waals surface area contributed by atoms with Crippen LogP contribution in [0.2, 0.25) is 5.15 Å². The van der Waals surface area contributed by atoms with Gasteiger partial charge in [-0.05, 0) is 6.07 Å². The van der Waals surface area contributed by atoms with Crippen LogP contribution in [0, 0.1) is 10.1 Å². The van der Waals surface area contributed by atoms with Crippen molar-refractivity contribution in [3.8, 4) is 0 Å². The minimum absolute atomic E-state index is 0.00156. The molecule has 22 heavy (non-hydrogen) atoms. The predicted molar refractivity (Wildman–Crippen MR) is 78.6 cm³/mol. The summed E-state index contributed by atoms with van der Waals surface area (Å²) in [6.45, 7) is -0.479. The summed E-state index contributed by atoms with van der Waals surface area (Å²) in [7, 11) is 0. The number of aromatic nitrogens is 1. The maximum Gasteiger partial charge on any atom is 0.329 e. The Hall–Kier alpha value is -2.06. The second-order valence-electron chi connectivity index (χ2n) is 4.99. The van der Waals surface area contributed by atoms with Crippen LogP contribution in [-0.4, -0.2) is 35.0 Å². The Bertz CT molecular complexity index is 756. The number of hydrogen-bond donors (Lipinski definition) is 2. The van der Waals surface area contributed by atoms with Gasteiger partial charge in [-0.3, -0.25) is 10.1 Å². The van der Waals surface area contributed by atoms with Gasteiger partial charge < -0.3 is 10.6 Å². The number of alkyl halides is 2. The average Bonchev–Trinajstić information content (AvgIpc) is 2.77. The number of rotatable bonds is 3. The number of halogens is 3. The lowest BCUT2D eigenvalue weighted by Crippen LogP contribution is -2.38. The van der Waals surface area contributed by atoms with E-state index in [9.17, 15) is 18.9 Å². The lowest BCUT2D eigenvalue weighted by molar-refractivity contribution is -0.384. The Morgan fingerprint density at radius 2 is 2.18 bits per heavy atom. The first-order valence-corrected chi connectivity index (χ1v) is 6.85. The van der Waals surface area contributed by atoms with E-state index in [1.54, 1.807) is 24.3 Å². The van der Waals surface area contributed by atoms with E-state index in [0.29, 0.717) is 10.9 Å². The molecule has 0 radical (unpaired) electrons. The molecule has 0 spiro atoms. The van der Waals surface area contributed by atoms with E-state index < -0.39 is 29.1 Å². The van der Waals surface area contributed by atoms with Crippen LogP contribution in [0.15, 0.2) is 24.3 Å². The zero-order valence-electron chi connectivity index (χ0n) is 11.1. The third kappa shape index (κ3) is 2.44. The number of para-hydroxylation sites is 1. The second kappa shape index (κ2) is 5.29. The number of nitrogens with one attached hydrogen (secondary N) is 2. The summed E-state index contributed by atoms with van der Waals surface area (Å²) in [5.74, 6) is -3.01. The summed E-state index contributed by atoms with van der Waals surface area (Å²) in [6, 6.07) is 5.27. The van der Waals surface area contributed by atoms with Crippen molar-refractivity contribution in [3.05, 3.63) is 39.5 Å². The molecule has 0 saturated carbocycles. The molecule has 2 heterocycles. The van der Waals surface area contributed by atoms with E-state index in [1.807, 2.05) is 0 Å². The smallest absolute Gasteiger partial charge is 0.329 e. The maximum atomic E-state index is 13.8. The first-order chi connectivity index (χ1) is 10.4. The fourth-order valence-electron chi connectivity index (χ4n) is 2.47. The highest BCUT2D eigenvalue weighted by Gasteiger charge is 2.45. The highest BCUT2D eigenvalue weighted by Crippen LogP contribution is 2.39. The van der Waals surface area contributed by atoms with E-state index >= 15 is 0 Å². The second-order valence-corrected chi connectivity index (χ2v) is 5.35. The van der Waals surface area contributed by atoms with Crippen LogP contribution in [0.4, 0.5) is 20.2 Å². The average molecular weight is 329 g/mol. The Labute approximate surface area is 128 Å². The topological polar surface area (TPSA) is 80.1 Å². The lowest BCUT2D eigenvalue weighted by atomic mass is 10.1. The molecule has 1 saturated heterocycles. The number of nitro groups is 1. The van der Waals surface area contributed by atoms with Gasteiger partial charge in [0, 0.05) is 11.9 Å². The van der Waals surface area contributed by atoms with Crippen LogP contribution in [0.25, 0.3) is 10.9 Å². The van der Waals surface area contributed by atoms with Gasteiger partial charge in [0.1, 0.15) is 11.7 Å². The largest absolute Gasteiger partial charge is 0.369 e. The molecule has 2 aromatic rings. The highest BCUT2D eigenvalue weighted by molar-refractivity contribution is 6.33. The third-order valence-electron chi connectivity index (χ3n) is 3.54. The molecule has 9 heteroatoms. The molecule has 0 aliphatic carbocycles. The SMILES string of the molecule is O=[N+]([O-])c1c(Cl)nc2ccccc2c1NC1CNCC1(F)F. The summed E-state index contributed by atoms with van der Waals surface area (Å²) in [5, 5.41) is 16.5. The fourth-order valence-corrected chi connectivity index (χ4v) is 2.73. The van der Waals surface area contributed by atoms with Crippen molar-refractivity contribution in [1.29, 1.82) is 0 Å². The van der Waals surface area contributed by atoms with Crippen molar-refractivity contribution in [3.63, 3.8) is 0 Å². The van der Waals surface area contributed by atoms with E-state index in [1.165, 1.54) is 0 Å². The standard InChI is InChI=1S/C13H11ClF2N4O2/c14-12-11(20(21)22)10(7-3-1-2-4-8(7)18-12)19-9-5-17-6-13(9,15)16/h1-4,9,17H,5-6H2,(H,18,19). The molecule has 1 aromatic carbocycles. The van der Waals surface area contributed by atoms with Gasteiger partial charge in [0.15, 0.2) is 0 Å². The first-order valence-electron chi connectivity index (χ1n) is 6.48. The Morgan fingerprint density at radius 3 is 2.82 bits per heavy atom. The van der Waals surface area contributed by atoms with Crippen molar-refractivity contribution in [1.82, 2.24) is 10.3 Å². The molecule has 1 atom stereocenters. The number of anilines is 1. The van der Waals surface area contributed by atoms with E-state index in [-0.39, 0.29) is 17.4 Å². The fraction of sp³-hybridized carbons (Fsp3) is 0.308. The van der Waals surface area contributed by atoms with Crippen molar-refractivity contribution < 1.29 is 13.7 Å². The summed E-state index contributed by atoms with van der Waals surface area (Å²) < 4.78 is 27.6. The van der Waals surface area contributed by atoms with E-state index in [2.05, 4.69) is 15.6 Å². The molecule has 0 bridgehead atoms. The Morgan fingerprint density at radius 1 is 1.45 bits per heavy atom. The first kappa shape index (κ1) is 14.9. The summed E-state index contributed by atoms with van der Waals surface area (Å²) >= 11 is 5.86. The summed E-state index contributed by atoms with van der Waals surface area (Å²) in [6.07, 6.45) is 0. The minimum Gasteiger partial charge on any atom is -0.369 e. The van der Waals surface area contributed by atoms with Gasteiger partial charge in [-0.1, -0.05) is 29.8 Å². The molecule has 2 N–H and O–H groups in total. The summed E-state index contributed by atoms with van der Waals surface area (Å²) in [5.41, 5.74) is -0.132. The van der Waals surface area contributed by atoms with Gasteiger partial charge in [-0.15, -0.1) is 0 Å². The quantitative estimate of drug-likeness (QED) is 0.514. The molecule has 6 nitrogen and oxygen atoms in total. The van der Waals surface area contributed by atoms with Gasteiger partial charge in [-0.2, -0.15) is 0 Å². The maximum absolute atomic E-state index is 13.8. The number of benzene rings is 1. The van der Waals surface area contributed by atoms with Crippen molar-refractivity contribution >= 4 is 33.9 Å². The molecule has 116 valence electrons. The van der Waals surface area contributed by atoms with Crippen LogP contribution in [0.5, 0.6) is 0 Å². The van der Waals surface area contributed by atoms with Crippen LogP contribution >= 0.6 is 11.6 Å². The van der Waals surface area contributed by atoms with Gasteiger partial charge in [0.25, 0.3) is 5.92 Å². The van der Waals surface area contributed by atoms with Crippen molar-refractivity contribution in [2.45, 2.75) is 12.0 Å². The van der Waals surface area contributed by atoms with E-state index in [4.69, 9.17) is 11.6 Å². The zero-order valence-corrected chi connectivity index (χ0v) is 11.9. The molecule has 1 aliphatic rings. The Balaban J connectivity index is 2.17. The highest BCUT2D eigenvalue weighted by atomic mass is 35.5. The van der Waals surface area contributed by atoms with Crippen LogP contribution < -0.4 is 10.6 Å². The number of hydrogen-bond acceptors (Lipinski definition) is 5. The van der Waals surface area contributed by atoms with Crippen LogP contribution in [0.1, 0.15) is 0 Å². The normalized spacial score (nSPS) is 20.2. The number of nitrogens with zero attached hydrogens (tertiary/aromatic N) is 2. The van der Waals surface area contributed by atoms with Gasteiger partial charge >= 0.3 is 5.69 Å². The number of pyridine rings is 1. The van der Waals surface area contributed by atoms with Crippen LogP contribution in [-0.2, 0) is 0 Å². The third-order valence-corrected chi connectivity index (χ3v) is 3.81. The molecule has 1 aliphatic heterocycles. The minimum atomic E-state index is -3.01. The van der Waals surface area contributed by atoms with Crippen molar-refractivity contribution in [2.24, 2.45) is 0 Å².